The van der Waals surface area contributed by atoms with Crippen LogP contribution in [0.1, 0.15) is 24.8 Å². The van der Waals surface area contributed by atoms with Gasteiger partial charge in [0.2, 0.25) is 0 Å². The zero-order valence-electron chi connectivity index (χ0n) is 11.0. The summed E-state index contributed by atoms with van der Waals surface area (Å²) in [4.78, 5) is 11.4. The van der Waals surface area contributed by atoms with Crippen molar-refractivity contribution in [3.05, 3.63) is 48.6 Å². The van der Waals surface area contributed by atoms with Crippen molar-refractivity contribution in [1.29, 1.82) is 0 Å². The summed E-state index contributed by atoms with van der Waals surface area (Å²) < 4.78 is 5.06. The largest absolute Gasteiger partial charge is 0.445 e. The number of ether oxygens (including phenoxy) is 1. The second-order valence-electron chi connectivity index (χ2n) is 4.29. The van der Waals surface area contributed by atoms with Crippen LogP contribution in [0.5, 0.6) is 0 Å². The summed E-state index contributed by atoms with van der Waals surface area (Å²) in [6, 6.07) is 9.54. The lowest BCUT2D eigenvalue weighted by Gasteiger charge is -2.07. The van der Waals surface area contributed by atoms with Gasteiger partial charge in [0.05, 0.1) is 6.10 Å². The normalized spacial score (nSPS) is 11.6. The van der Waals surface area contributed by atoms with E-state index >= 15 is 0 Å². The Morgan fingerprint density at radius 2 is 2.11 bits per heavy atom. The summed E-state index contributed by atoms with van der Waals surface area (Å²) in [6.07, 6.45) is 2.97. The zero-order valence-corrected chi connectivity index (χ0v) is 11.0. The number of carbonyl (C=O) groups excluding carboxylic acids is 1. The Bertz CT molecular complexity index is 378. The highest BCUT2D eigenvalue weighted by atomic mass is 16.5. The van der Waals surface area contributed by atoms with E-state index in [0.29, 0.717) is 13.0 Å². The first-order valence-electron chi connectivity index (χ1n) is 6.47. The molecule has 1 aromatic carbocycles. The maximum absolute atomic E-state index is 11.4. The van der Waals surface area contributed by atoms with Crippen molar-refractivity contribution in [3.8, 4) is 0 Å². The van der Waals surface area contributed by atoms with Crippen molar-refractivity contribution in [2.45, 2.75) is 32.0 Å². The Labute approximate surface area is 114 Å². The zero-order chi connectivity index (χ0) is 13.9. The Morgan fingerprint density at radius 1 is 1.37 bits per heavy atom. The van der Waals surface area contributed by atoms with Gasteiger partial charge >= 0.3 is 6.09 Å². The van der Waals surface area contributed by atoms with E-state index in [1.165, 1.54) is 6.08 Å². The third-order valence-corrected chi connectivity index (χ3v) is 2.68. The monoisotopic (exact) mass is 263 g/mol. The van der Waals surface area contributed by atoms with Crippen molar-refractivity contribution < 1.29 is 14.6 Å². The number of nitrogens with one attached hydrogen (secondary N) is 1. The van der Waals surface area contributed by atoms with Gasteiger partial charge in [-0.3, -0.25) is 0 Å². The van der Waals surface area contributed by atoms with Crippen molar-refractivity contribution in [1.82, 2.24) is 5.32 Å². The van der Waals surface area contributed by atoms with E-state index < -0.39 is 12.2 Å². The summed E-state index contributed by atoms with van der Waals surface area (Å²) >= 11 is 0. The van der Waals surface area contributed by atoms with Crippen molar-refractivity contribution in [3.63, 3.8) is 0 Å². The van der Waals surface area contributed by atoms with Gasteiger partial charge in [0.1, 0.15) is 6.61 Å². The van der Waals surface area contributed by atoms with Gasteiger partial charge in [-0.15, -0.1) is 6.58 Å². The van der Waals surface area contributed by atoms with Crippen LogP contribution >= 0.6 is 0 Å². The molecule has 1 aromatic rings. The standard InChI is InChI=1S/C15H21NO3/c1-2-14(17)10-6-7-11-16-15(18)19-12-13-8-4-3-5-9-13/h2-5,8-9,14,17H,1,6-7,10-12H2,(H,16,18). The average Bonchev–Trinajstić information content (AvgIpc) is 2.45. The van der Waals surface area contributed by atoms with Crippen LogP contribution in [0.3, 0.4) is 0 Å². The molecule has 0 aliphatic carbocycles. The maximum Gasteiger partial charge on any atom is 0.407 e. The number of hydrogen-bond donors (Lipinski definition) is 2. The second-order valence-corrected chi connectivity index (χ2v) is 4.29. The van der Waals surface area contributed by atoms with Gasteiger partial charge in [0.15, 0.2) is 0 Å². The lowest BCUT2D eigenvalue weighted by Crippen LogP contribution is -2.25. The SMILES string of the molecule is C=CC(O)CCCCNC(=O)OCc1ccccc1. The smallest absolute Gasteiger partial charge is 0.407 e. The summed E-state index contributed by atoms with van der Waals surface area (Å²) in [5.41, 5.74) is 0.965. The van der Waals surface area contributed by atoms with Crippen LogP contribution in [0, 0.1) is 0 Å². The van der Waals surface area contributed by atoms with Gasteiger partial charge in [0, 0.05) is 6.54 Å². The van der Waals surface area contributed by atoms with Gasteiger partial charge in [-0.1, -0.05) is 36.4 Å². The van der Waals surface area contributed by atoms with Crippen LogP contribution < -0.4 is 5.32 Å². The maximum atomic E-state index is 11.4. The van der Waals surface area contributed by atoms with Crippen LogP contribution in [0.15, 0.2) is 43.0 Å². The highest BCUT2D eigenvalue weighted by molar-refractivity contribution is 5.67. The topological polar surface area (TPSA) is 58.6 Å². The molecule has 0 saturated heterocycles. The molecule has 4 nitrogen and oxygen atoms in total. The summed E-state index contributed by atoms with van der Waals surface area (Å²) in [6.45, 7) is 4.33. The first kappa shape index (κ1) is 15.2. The van der Waals surface area contributed by atoms with Gasteiger partial charge < -0.3 is 15.2 Å². The summed E-state index contributed by atoms with van der Waals surface area (Å²) in [5.74, 6) is 0. The fourth-order valence-corrected chi connectivity index (χ4v) is 1.56. The molecule has 1 unspecified atom stereocenters. The Morgan fingerprint density at radius 3 is 2.79 bits per heavy atom. The highest BCUT2D eigenvalue weighted by Crippen LogP contribution is 2.02. The van der Waals surface area contributed by atoms with Crippen molar-refractivity contribution in [2.24, 2.45) is 0 Å². The molecule has 4 heteroatoms. The molecule has 1 rings (SSSR count). The molecule has 104 valence electrons. The van der Waals surface area contributed by atoms with E-state index in [-0.39, 0.29) is 6.61 Å². The second kappa shape index (κ2) is 9.16. The first-order chi connectivity index (χ1) is 9.22. The number of benzene rings is 1. The van der Waals surface area contributed by atoms with Gasteiger partial charge in [-0.05, 0) is 24.8 Å². The number of unbranched alkanes of at least 4 members (excludes halogenated alkanes) is 1. The minimum absolute atomic E-state index is 0.280. The number of alkyl carbamates (subject to hydrolysis) is 1. The Hall–Kier alpha value is -1.81. The molecule has 0 saturated carbocycles. The third kappa shape index (κ3) is 7.26. The number of aliphatic hydroxyl groups excluding tert-OH is 1. The number of aliphatic hydroxyl groups is 1. The summed E-state index contributed by atoms with van der Waals surface area (Å²) in [5, 5.41) is 11.9. The van der Waals surface area contributed by atoms with Crippen molar-refractivity contribution in [2.75, 3.05) is 6.54 Å². The minimum atomic E-state index is -0.454. The highest BCUT2D eigenvalue weighted by Gasteiger charge is 2.02. The van der Waals surface area contributed by atoms with E-state index in [4.69, 9.17) is 4.74 Å². The lowest BCUT2D eigenvalue weighted by molar-refractivity contribution is 0.139. The van der Waals surface area contributed by atoms with Gasteiger partial charge in [-0.25, -0.2) is 4.79 Å². The molecule has 0 aliphatic rings. The third-order valence-electron chi connectivity index (χ3n) is 2.68. The van der Waals surface area contributed by atoms with E-state index in [1.807, 2.05) is 30.3 Å². The molecule has 2 N–H and O–H groups in total. The van der Waals surface area contributed by atoms with Crippen LogP contribution in [0.2, 0.25) is 0 Å². The predicted molar refractivity (Wildman–Crippen MR) is 74.7 cm³/mol. The molecule has 0 fully saturated rings. The van der Waals surface area contributed by atoms with Crippen LogP contribution in [-0.2, 0) is 11.3 Å². The van der Waals surface area contributed by atoms with E-state index in [2.05, 4.69) is 11.9 Å². The van der Waals surface area contributed by atoms with E-state index in [0.717, 1.165) is 18.4 Å². The first-order valence-corrected chi connectivity index (χ1v) is 6.47. The molecular formula is C15H21NO3. The number of amides is 1. The van der Waals surface area contributed by atoms with Gasteiger partial charge in [0.25, 0.3) is 0 Å². The molecule has 0 heterocycles. The molecule has 1 atom stereocenters. The molecule has 0 spiro atoms. The average molecular weight is 263 g/mol. The van der Waals surface area contributed by atoms with Crippen molar-refractivity contribution >= 4 is 6.09 Å². The fraction of sp³-hybridized carbons (Fsp3) is 0.400. The molecule has 0 radical (unpaired) electrons. The molecule has 1 amide bonds. The molecule has 0 aliphatic heterocycles. The molecular weight excluding hydrogens is 242 g/mol. The minimum Gasteiger partial charge on any atom is -0.445 e. The van der Waals surface area contributed by atoms with Crippen LogP contribution in [-0.4, -0.2) is 23.8 Å². The van der Waals surface area contributed by atoms with E-state index in [9.17, 15) is 9.90 Å². The Kier molecular flexibility index (Phi) is 7.35. The fourth-order valence-electron chi connectivity index (χ4n) is 1.56. The molecule has 19 heavy (non-hydrogen) atoms. The number of carbonyl (C=O) groups is 1. The summed E-state index contributed by atoms with van der Waals surface area (Å²) in [7, 11) is 0. The van der Waals surface area contributed by atoms with E-state index in [1.54, 1.807) is 0 Å². The molecule has 0 bridgehead atoms. The molecule has 0 aromatic heterocycles. The predicted octanol–water partition coefficient (Wildman–Crippen LogP) is 2.63. The number of hydrogen-bond acceptors (Lipinski definition) is 3. The van der Waals surface area contributed by atoms with Crippen LogP contribution in [0.25, 0.3) is 0 Å². The quantitative estimate of drug-likeness (QED) is 0.560. The van der Waals surface area contributed by atoms with Gasteiger partial charge in [-0.2, -0.15) is 0 Å². The number of rotatable bonds is 8. The lowest BCUT2D eigenvalue weighted by atomic mass is 10.1. The van der Waals surface area contributed by atoms with Crippen LogP contribution in [0.4, 0.5) is 4.79 Å². The Balaban J connectivity index is 2.04.